The topological polar surface area (TPSA) is 78.8 Å². The second kappa shape index (κ2) is 4.27. The Labute approximate surface area is 93.0 Å². The average Bonchev–Trinajstić information content (AvgIpc) is 2.71. The van der Waals surface area contributed by atoms with E-state index in [0.29, 0.717) is 6.42 Å². The van der Waals surface area contributed by atoms with Gasteiger partial charge < -0.3 is 24.5 Å². The third kappa shape index (κ3) is 1.62. The van der Waals surface area contributed by atoms with Gasteiger partial charge in [0.15, 0.2) is 0 Å². The number of carbonyl (C=O) groups excluding carboxylic acids is 1. The van der Waals surface area contributed by atoms with Crippen molar-refractivity contribution in [1.82, 2.24) is 0 Å². The van der Waals surface area contributed by atoms with Crippen molar-refractivity contribution in [2.45, 2.75) is 12.7 Å². The van der Waals surface area contributed by atoms with E-state index in [1.54, 1.807) is 0 Å². The number of allylic oxidation sites excluding steroid dienone is 1. The molecule has 0 amide bonds. The van der Waals surface area contributed by atoms with Crippen molar-refractivity contribution in [2.75, 3.05) is 13.7 Å². The summed E-state index contributed by atoms with van der Waals surface area (Å²) in [6.07, 6.45) is 3.07. The van der Waals surface area contributed by atoms with E-state index < -0.39 is 12.3 Å². The number of aliphatic hydroxyl groups excluding tert-OH is 1. The molecule has 88 valence electrons. The number of hydrogen-bond donors (Lipinski definition) is 1. The van der Waals surface area contributed by atoms with Gasteiger partial charge in [-0.25, -0.2) is 0 Å². The predicted octanol–water partition coefficient (Wildman–Crippen LogP) is -0.822. The highest BCUT2D eigenvalue weighted by Crippen LogP contribution is 2.42. The van der Waals surface area contributed by atoms with E-state index >= 15 is 0 Å². The van der Waals surface area contributed by atoms with Crippen LogP contribution < -0.4 is 5.11 Å². The molecule has 0 saturated carbocycles. The molecule has 2 aliphatic rings. The highest BCUT2D eigenvalue weighted by molar-refractivity contribution is 5.85. The van der Waals surface area contributed by atoms with Crippen molar-refractivity contribution >= 4 is 5.97 Å². The third-order valence-electron chi connectivity index (χ3n) is 3.17. The fourth-order valence-electron chi connectivity index (χ4n) is 2.39. The minimum Gasteiger partial charge on any atom is -0.545 e. The van der Waals surface area contributed by atoms with Crippen molar-refractivity contribution in [1.29, 1.82) is 0 Å². The molecule has 0 aromatic heterocycles. The van der Waals surface area contributed by atoms with Crippen molar-refractivity contribution in [2.24, 2.45) is 11.8 Å². The molecule has 0 bridgehead atoms. The minimum atomic E-state index is -1.22. The molecule has 0 unspecified atom stereocenters. The summed E-state index contributed by atoms with van der Waals surface area (Å²) in [4.78, 5) is 10.9. The molecule has 5 nitrogen and oxygen atoms in total. The van der Waals surface area contributed by atoms with Gasteiger partial charge in [-0.15, -0.1) is 0 Å². The first-order valence-electron chi connectivity index (χ1n) is 5.08. The van der Waals surface area contributed by atoms with E-state index in [1.165, 1.54) is 13.4 Å². The molecular weight excluding hydrogens is 212 g/mol. The summed E-state index contributed by atoms with van der Waals surface area (Å²) in [6.45, 7) is -0.106. The van der Waals surface area contributed by atoms with Crippen LogP contribution in [0.25, 0.3) is 0 Å². The zero-order chi connectivity index (χ0) is 11.7. The molecule has 0 saturated heterocycles. The number of aliphatic carboxylic acids is 1. The SMILES string of the molecule is CO[C@@H]1OC=C(C(=O)[O-])[C@H]2CC=C(CO)[C@@H]12. The van der Waals surface area contributed by atoms with Crippen LogP contribution in [-0.4, -0.2) is 31.1 Å². The first-order chi connectivity index (χ1) is 7.69. The number of aliphatic hydroxyl groups is 1. The molecule has 0 aromatic carbocycles. The maximum atomic E-state index is 10.9. The number of rotatable bonds is 3. The van der Waals surface area contributed by atoms with Crippen LogP contribution in [0, 0.1) is 11.8 Å². The highest BCUT2D eigenvalue weighted by atomic mass is 16.7. The number of hydrogen-bond acceptors (Lipinski definition) is 5. The lowest BCUT2D eigenvalue weighted by Crippen LogP contribution is -2.40. The van der Waals surface area contributed by atoms with E-state index in [-0.39, 0.29) is 24.0 Å². The average molecular weight is 225 g/mol. The molecule has 0 fully saturated rings. The molecule has 2 rings (SSSR count). The second-order valence-electron chi connectivity index (χ2n) is 3.91. The first kappa shape index (κ1) is 11.2. The normalized spacial score (nSPS) is 32.5. The van der Waals surface area contributed by atoms with Crippen LogP contribution in [0.1, 0.15) is 6.42 Å². The summed E-state index contributed by atoms with van der Waals surface area (Å²) in [6, 6.07) is 0. The lowest BCUT2D eigenvalue weighted by Gasteiger charge is -2.34. The summed E-state index contributed by atoms with van der Waals surface area (Å²) in [5, 5.41) is 20.1. The number of carbonyl (C=O) groups is 1. The molecule has 1 heterocycles. The van der Waals surface area contributed by atoms with Crippen molar-refractivity contribution < 1.29 is 24.5 Å². The quantitative estimate of drug-likeness (QED) is 0.635. The maximum absolute atomic E-state index is 10.9. The Hall–Kier alpha value is -1.33. The van der Waals surface area contributed by atoms with Gasteiger partial charge in [-0.1, -0.05) is 6.08 Å². The van der Waals surface area contributed by atoms with Crippen LogP contribution in [0.2, 0.25) is 0 Å². The fourth-order valence-corrected chi connectivity index (χ4v) is 2.39. The van der Waals surface area contributed by atoms with Gasteiger partial charge in [-0.2, -0.15) is 0 Å². The Bertz CT molecular complexity index is 357. The molecule has 0 aromatic rings. The zero-order valence-corrected chi connectivity index (χ0v) is 8.88. The monoisotopic (exact) mass is 225 g/mol. The fraction of sp³-hybridized carbons (Fsp3) is 0.545. The number of carboxylic acids is 1. The number of fused-ring (bicyclic) bond motifs is 1. The molecule has 1 N–H and O–H groups in total. The van der Waals surface area contributed by atoms with Crippen molar-refractivity contribution in [3.63, 3.8) is 0 Å². The van der Waals surface area contributed by atoms with Crippen molar-refractivity contribution in [3.05, 3.63) is 23.5 Å². The van der Waals surface area contributed by atoms with Crippen molar-refractivity contribution in [3.8, 4) is 0 Å². The number of carboxylic acid groups (broad SMARTS) is 1. The Balaban J connectivity index is 2.29. The van der Waals surface area contributed by atoms with Gasteiger partial charge in [0, 0.05) is 18.6 Å². The minimum absolute atomic E-state index is 0.106. The zero-order valence-electron chi connectivity index (χ0n) is 8.88. The first-order valence-corrected chi connectivity index (χ1v) is 5.08. The summed E-state index contributed by atoms with van der Waals surface area (Å²) in [7, 11) is 1.49. The standard InChI is InChI=1S/C11H14O5/c1-15-11-9-6(4-12)2-3-7(9)8(5-16-11)10(13)14/h2,5,7,9,11-12H,3-4H2,1H3,(H,13,14)/p-1/t7-,9-,11-/m1/s1. The van der Waals surface area contributed by atoms with E-state index in [9.17, 15) is 15.0 Å². The number of methoxy groups -OCH3 is 1. The van der Waals surface area contributed by atoms with Gasteiger partial charge in [0.2, 0.25) is 6.29 Å². The predicted molar refractivity (Wildman–Crippen MR) is 51.7 cm³/mol. The Morgan fingerprint density at radius 1 is 1.75 bits per heavy atom. The molecule has 0 radical (unpaired) electrons. The van der Waals surface area contributed by atoms with Crippen LogP contribution in [0.5, 0.6) is 0 Å². The maximum Gasteiger partial charge on any atom is 0.205 e. The van der Waals surface area contributed by atoms with Gasteiger partial charge in [-0.05, 0) is 12.0 Å². The van der Waals surface area contributed by atoms with E-state index in [0.717, 1.165) is 5.57 Å². The molecule has 0 spiro atoms. The van der Waals surface area contributed by atoms with Crippen LogP contribution in [0.3, 0.4) is 0 Å². The third-order valence-corrected chi connectivity index (χ3v) is 3.17. The summed E-state index contributed by atoms with van der Waals surface area (Å²) < 4.78 is 10.3. The summed E-state index contributed by atoms with van der Waals surface area (Å²) >= 11 is 0. The van der Waals surface area contributed by atoms with Crippen LogP contribution in [-0.2, 0) is 14.3 Å². The van der Waals surface area contributed by atoms with E-state index in [1.807, 2.05) is 6.08 Å². The Kier molecular flexibility index (Phi) is 2.98. The lowest BCUT2D eigenvalue weighted by atomic mass is 9.83. The van der Waals surface area contributed by atoms with E-state index in [2.05, 4.69) is 0 Å². The molecule has 3 atom stereocenters. The molecule has 1 aliphatic heterocycles. The van der Waals surface area contributed by atoms with Gasteiger partial charge >= 0.3 is 0 Å². The van der Waals surface area contributed by atoms with Gasteiger partial charge in [-0.3, -0.25) is 0 Å². The van der Waals surface area contributed by atoms with Gasteiger partial charge in [0.1, 0.15) is 0 Å². The van der Waals surface area contributed by atoms with Gasteiger partial charge in [0.25, 0.3) is 0 Å². The Morgan fingerprint density at radius 2 is 2.50 bits per heavy atom. The highest BCUT2D eigenvalue weighted by Gasteiger charge is 2.41. The lowest BCUT2D eigenvalue weighted by molar-refractivity contribution is -0.301. The van der Waals surface area contributed by atoms with Crippen LogP contribution in [0.15, 0.2) is 23.5 Å². The molecule has 1 aliphatic carbocycles. The smallest absolute Gasteiger partial charge is 0.205 e. The second-order valence-corrected chi connectivity index (χ2v) is 3.91. The van der Waals surface area contributed by atoms with E-state index in [4.69, 9.17) is 9.47 Å². The molecule has 5 heteroatoms. The van der Waals surface area contributed by atoms with Gasteiger partial charge in [0.05, 0.1) is 24.8 Å². The van der Waals surface area contributed by atoms with Crippen LogP contribution in [0.4, 0.5) is 0 Å². The molecular formula is C11H13O5-. The Morgan fingerprint density at radius 3 is 3.06 bits per heavy atom. The molecule has 16 heavy (non-hydrogen) atoms. The largest absolute Gasteiger partial charge is 0.545 e. The summed E-state index contributed by atoms with van der Waals surface area (Å²) in [5.41, 5.74) is 0.904. The van der Waals surface area contributed by atoms with Crippen LogP contribution >= 0.6 is 0 Å². The summed E-state index contributed by atoms with van der Waals surface area (Å²) in [5.74, 6) is -1.67. The number of ether oxygens (including phenoxy) is 2.